The zero-order chi connectivity index (χ0) is 17.4. The minimum absolute atomic E-state index is 0.158. The van der Waals surface area contributed by atoms with E-state index in [4.69, 9.17) is 11.6 Å². The molecule has 0 amide bonds. The second-order valence-electron chi connectivity index (χ2n) is 5.34. The van der Waals surface area contributed by atoms with Crippen LogP contribution >= 0.6 is 34.7 Å². The van der Waals surface area contributed by atoms with Crippen LogP contribution in [0.25, 0.3) is 21.3 Å². The Labute approximate surface area is 155 Å². The molecular formula is C16H12ClN5OS2. The van der Waals surface area contributed by atoms with Gasteiger partial charge in [0.15, 0.2) is 5.16 Å². The average molecular weight is 390 g/mol. The minimum atomic E-state index is -0.158. The lowest BCUT2D eigenvalue weighted by molar-refractivity contribution is 0.787. The van der Waals surface area contributed by atoms with Gasteiger partial charge in [0.25, 0.3) is 5.56 Å². The van der Waals surface area contributed by atoms with E-state index in [0.29, 0.717) is 26.8 Å². The first-order chi connectivity index (χ1) is 12.1. The lowest BCUT2D eigenvalue weighted by atomic mass is 10.1. The largest absolute Gasteiger partial charge is 0.312 e. The van der Waals surface area contributed by atoms with Crippen LogP contribution in [0.1, 0.15) is 5.82 Å². The van der Waals surface area contributed by atoms with Gasteiger partial charge in [-0.3, -0.25) is 4.79 Å². The van der Waals surface area contributed by atoms with Crippen LogP contribution in [-0.2, 0) is 12.8 Å². The normalized spacial score (nSPS) is 11.3. The molecule has 25 heavy (non-hydrogen) atoms. The molecule has 1 aromatic carbocycles. The second-order valence-corrected chi connectivity index (χ2v) is 7.54. The Morgan fingerprint density at radius 2 is 2.16 bits per heavy atom. The molecule has 0 radical (unpaired) electrons. The number of H-pyrrole nitrogens is 1. The number of halogens is 1. The Balaban J connectivity index is 1.71. The van der Waals surface area contributed by atoms with Gasteiger partial charge in [-0.2, -0.15) is 0 Å². The summed E-state index contributed by atoms with van der Waals surface area (Å²) in [6, 6.07) is 7.48. The van der Waals surface area contributed by atoms with E-state index in [2.05, 4.69) is 20.2 Å². The number of fused-ring (bicyclic) bond motifs is 1. The van der Waals surface area contributed by atoms with E-state index < -0.39 is 0 Å². The van der Waals surface area contributed by atoms with Crippen LogP contribution < -0.4 is 5.56 Å². The topological polar surface area (TPSA) is 76.5 Å². The second kappa shape index (κ2) is 6.62. The van der Waals surface area contributed by atoms with Gasteiger partial charge in [-0.05, 0) is 6.07 Å². The van der Waals surface area contributed by atoms with E-state index in [1.54, 1.807) is 6.33 Å². The van der Waals surface area contributed by atoms with Gasteiger partial charge in [-0.15, -0.1) is 21.5 Å². The van der Waals surface area contributed by atoms with Gasteiger partial charge < -0.3 is 9.55 Å². The van der Waals surface area contributed by atoms with Crippen LogP contribution in [0.15, 0.2) is 45.9 Å². The number of nitrogens with zero attached hydrogens (tertiary/aromatic N) is 4. The average Bonchev–Trinajstić information content (AvgIpc) is 3.20. The van der Waals surface area contributed by atoms with Crippen molar-refractivity contribution in [2.24, 2.45) is 7.05 Å². The monoisotopic (exact) mass is 389 g/mol. The van der Waals surface area contributed by atoms with Gasteiger partial charge in [0.2, 0.25) is 0 Å². The lowest BCUT2D eigenvalue weighted by Gasteiger charge is -2.03. The van der Waals surface area contributed by atoms with E-state index >= 15 is 0 Å². The summed E-state index contributed by atoms with van der Waals surface area (Å²) in [5.74, 6) is 1.12. The highest BCUT2D eigenvalue weighted by atomic mass is 35.5. The zero-order valence-corrected chi connectivity index (χ0v) is 15.5. The third-order valence-corrected chi connectivity index (χ3v) is 5.91. The summed E-state index contributed by atoms with van der Waals surface area (Å²) in [4.78, 5) is 20.8. The van der Waals surface area contributed by atoms with E-state index in [-0.39, 0.29) is 5.56 Å². The maximum atomic E-state index is 12.6. The molecule has 4 rings (SSSR count). The predicted molar refractivity (Wildman–Crippen MR) is 101 cm³/mol. The van der Waals surface area contributed by atoms with Crippen LogP contribution in [0.4, 0.5) is 0 Å². The van der Waals surface area contributed by atoms with Gasteiger partial charge in [0.05, 0.1) is 11.1 Å². The molecule has 0 aliphatic rings. The Hall–Kier alpha value is -2.16. The zero-order valence-electron chi connectivity index (χ0n) is 13.1. The van der Waals surface area contributed by atoms with Crippen molar-refractivity contribution in [3.05, 3.63) is 57.2 Å². The molecule has 0 unspecified atom stereocenters. The molecule has 0 aliphatic carbocycles. The molecule has 0 aliphatic heterocycles. The van der Waals surface area contributed by atoms with Crippen molar-refractivity contribution >= 4 is 44.9 Å². The Morgan fingerprint density at radius 1 is 1.32 bits per heavy atom. The van der Waals surface area contributed by atoms with Crippen molar-refractivity contribution in [2.75, 3.05) is 0 Å². The van der Waals surface area contributed by atoms with Crippen molar-refractivity contribution in [1.29, 1.82) is 0 Å². The van der Waals surface area contributed by atoms with Crippen LogP contribution in [-0.4, -0.2) is 24.7 Å². The van der Waals surface area contributed by atoms with E-state index in [0.717, 1.165) is 16.3 Å². The maximum Gasteiger partial charge on any atom is 0.260 e. The number of aromatic nitrogens is 5. The summed E-state index contributed by atoms with van der Waals surface area (Å²) in [6.45, 7) is 0. The molecule has 0 saturated carbocycles. The molecule has 1 N–H and O–H groups in total. The van der Waals surface area contributed by atoms with E-state index in [1.807, 2.05) is 41.3 Å². The highest BCUT2D eigenvalue weighted by molar-refractivity contribution is 7.98. The van der Waals surface area contributed by atoms with Crippen LogP contribution in [0, 0.1) is 0 Å². The van der Waals surface area contributed by atoms with Gasteiger partial charge in [-0.1, -0.05) is 41.6 Å². The number of aromatic amines is 1. The number of nitrogens with one attached hydrogen (secondary N) is 1. The first-order valence-corrected chi connectivity index (χ1v) is 9.60. The Morgan fingerprint density at radius 3 is 2.92 bits per heavy atom. The number of thiophene rings is 1. The first kappa shape index (κ1) is 16.3. The number of aryl methyl sites for hydroxylation is 1. The molecule has 0 fully saturated rings. The first-order valence-electron chi connectivity index (χ1n) is 7.35. The van der Waals surface area contributed by atoms with Crippen molar-refractivity contribution in [3.63, 3.8) is 0 Å². The number of thioether (sulfide) groups is 1. The van der Waals surface area contributed by atoms with Gasteiger partial charge >= 0.3 is 0 Å². The van der Waals surface area contributed by atoms with E-state index in [9.17, 15) is 4.79 Å². The number of hydrogen-bond donors (Lipinski definition) is 1. The van der Waals surface area contributed by atoms with Crippen LogP contribution in [0.5, 0.6) is 0 Å². The van der Waals surface area contributed by atoms with Crippen molar-refractivity contribution in [3.8, 4) is 11.1 Å². The predicted octanol–water partition coefficient (Wildman–Crippen LogP) is 3.73. The van der Waals surface area contributed by atoms with Crippen molar-refractivity contribution < 1.29 is 0 Å². The standard InChI is InChI=1S/C16H12ClN5OS2/c1-22-8-18-21-16(22)25-7-12-19-14(23)13-10(6-24-15(13)20-12)9-4-2-3-5-11(9)17/h2-6,8H,7H2,1H3,(H,19,20,23). The summed E-state index contributed by atoms with van der Waals surface area (Å²) in [7, 11) is 1.87. The molecule has 6 nitrogen and oxygen atoms in total. The van der Waals surface area contributed by atoms with Crippen molar-refractivity contribution in [1.82, 2.24) is 24.7 Å². The summed E-state index contributed by atoms with van der Waals surface area (Å²) in [5.41, 5.74) is 1.49. The van der Waals surface area contributed by atoms with Crippen LogP contribution in [0.3, 0.4) is 0 Å². The summed E-state index contributed by atoms with van der Waals surface area (Å²) < 4.78 is 1.82. The molecule has 126 valence electrons. The Kier molecular flexibility index (Phi) is 4.32. The smallest absolute Gasteiger partial charge is 0.260 e. The highest BCUT2D eigenvalue weighted by Crippen LogP contribution is 2.35. The summed E-state index contributed by atoms with van der Waals surface area (Å²) in [6.07, 6.45) is 1.64. The fourth-order valence-electron chi connectivity index (χ4n) is 2.48. The molecule has 0 atom stereocenters. The molecule has 9 heteroatoms. The summed E-state index contributed by atoms with van der Waals surface area (Å²) in [5, 5.41) is 11.7. The third-order valence-electron chi connectivity index (χ3n) is 3.66. The molecule has 0 spiro atoms. The lowest BCUT2D eigenvalue weighted by Crippen LogP contribution is -2.11. The molecule has 3 heterocycles. The maximum absolute atomic E-state index is 12.6. The Bertz CT molecular complexity index is 1120. The molecule has 4 aromatic rings. The molecule has 3 aromatic heterocycles. The summed E-state index contributed by atoms with van der Waals surface area (Å²) >= 11 is 9.18. The highest BCUT2D eigenvalue weighted by Gasteiger charge is 2.15. The van der Waals surface area contributed by atoms with Gasteiger partial charge in [0, 0.05) is 28.6 Å². The van der Waals surface area contributed by atoms with Crippen molar-refractivity contribution in [2.45, 2.75) is 10.9 Å². The third kappa shape index (κ3) is 3.08. The fraction of sp³-hybridized carbons (Fsp3) is 0.125. The minimum Gasteiger partial charge on any atom is -0.312 e. The van der Waals surface area contributed by atoms with E-state index in [1.165, 1.54) is 23.1 Å². The van der Waals surface area contributed by atoms with Gasteiger partial charge in [-0.25, -0.2) is 4.98 Å². The fourth-order valence-corrected chi connectivity index (χ4v) is 4.43. The molecular weight excluding hydrogens is 378 g/mol. The number of hydrogen-bond acceptors (Lipinski definition) is 6. The number of rotatable bonds is 4. The SMILES string of the molecule is Cn1cnnc1SCc1nc2scc(-c3ccccc3Cl)c2c(=O)[nH]1. The number of benzene rings is 1. The quantitative estimate of drug-likeness (QED) is 0.538. The molecule has 0 bridgehead atoms. The van der Waals surface area contributed by atoms with Gasteiger partial charge in [0.1, 0.15) is 17.0 Å². The molecule has 0 saturated heterocycles. The van der Waals surface area contributed by atoms with Crippen LogP contribution in [0.2, 0.25) is 5.02 Å².